The molecule has 0 fully saturated rings. The summed E-state index contributed by atoms with van der Waals surface area (Å²) < 4.78 is 0. The maximum atomic E-state index is 2.34. The van der Waals surface area contributed by atoms with Gasteiger partial charge in [-0.05, 0) is 11.0 Å². The Balaban J connectivity index is 2.81. The first-order valence-electron chi connectivity index (χ1n) is 2.03. The third kappa shape index (κ3) is 1.06. The fourth-order valence-electron chi connectivity index (χ4n) is 0.521. The fraction of sp³-hybridized carbons (Fsp3) is 0. The predicted octanol–water partition coefficient (Wildman–Crippen LogP) is 6.59. The molecule has 2 aliphatic heterocycles. The smallest absolute Gasteiger partial charge is 0.0651 e. The molecule has 0 aliphatic carbocycles. The minimum atomic E-state index is 0.410. The molecule has 0 saturated heterocycles. The van der Waals surface area contributed by atoms with Crippen molar-refractivity contribution in [1.82, 2.24) is 0 Å². The van der Waals surface area contributed by atoms with Crippen LogP contribution in [0.4, 0.5) is 0 Å². The van der Waals surface area contributed by atoms with Gasteiger partial charge in [-0.15, -0.1) is 0 Å². The van der Waals surface area contributed by atoms with E-state index in [2.05, 4.69) is 53.2 Å². The first kappa shape index (κ1) is 6.89. The van der Waals surface area contributed by atoms with E-state index in [0.717, 1.165) is 0 Å². The highest BCUT2D eigenvalue weighted by atomic mass is 33.7. The summed E-state index contributed by atoms with van der Waals surface area (Å²) in [7, 11) is 9.38. The Labute approximate surface area is 73.4 Å². The summed E-state index contributed by atoms with van der Waals surface area (Å²) in [4.78, 5) is 0. The van der Waals surface area contributed by atoms with Crippen LogP contribution in [0.1, 0.15) is 0 Å². The lowest BCUT2D eigenvalue weighted by Crippen LogP contribution is -1.20. The van der Waals surface area contributed by atoms with Gasteiger partial charge >= 0.3 is 0 Å². The first-order chi connectivity index (χ1) is 4.42. The van der Waals surface area contributed by atoms with Gasteiger partial charge in [-0.3, -0.25) is 0 Å². The van der Waals surface area contributed by atoms with E-state index in [9.17, 15) is 0 Å². The molecule has 0 unspecified atom stereocenters. The summed E-state index contributed by atoms with van der Waals surface area (Å²) in [6, 6.07) is 0. The van der Waals surface area contributed by atoms with Crippen LogP contribution in [-0.2, 0) is 0 Å². The van der Waals surface area contributed by atoms with Crippen LogP contribution in [0.2, 0.25) is 0 Å². The normalized spacial score (nSPS) is 22.2. The van der Waals surface area contributed by atoms with Crippen molar-refractivity contribution < 1.29 is 0 Å². The van der Waals surface area contributed by atoms with Crippen molar-refractivity contribution in [3.05, 3.63) is 0 Å². The van der Waals surface area contributed by atoms with Crippen LogP contribution >= 0.6 is 74.1 Å². The van der Waals surface area contributed by atoms with E-state index in [0.29, 0.717) is 20.9 Å². The second kappa shape index (κ2) is 2.46. The zero-order valence-corrected chi connectivity index (χ0v) is 11.5. The first-order valence-corrected chi connectivity index (χ1v) is 18.2. The van der Waals surface area contributed by atoms with Gasteiger partial charge in [0.25, 0.3) is 0 Å². The molecular weight excluding hydrogens is 284 g/mol. The Kier molecular flexibility index (Phi) is 1.88. The molecule has 4 heterocycles. The highest BCUT2D eigenvalue weighted by Crippen LogP contribution is 2.90. The van der Waals surface area contributed by atoms with Crippen LogP contribution in [0.3, 0.4) is 0 Å². The van der Waals surface area contributed by atoms with Gasteiger partial charge in [0.05, 0.1) is 20.9 Å². The summed E-state index contributed by atoms with van der Waals surface area (Å²) in [5.41, 5.74) is 0. The predicted molar refractivity (Wildman–Crippen MR) is 62.0 cm³/mol. The molecule has 4 rings (SSSR count). The quantitative estimate of drug-likeness (QED) is 0.449. The molecule has 0 N–H and O–H groups in total. The van der Waals surface area contributed by atoms with Crippen molar-refractivity contribution in [2.75, 3.05) is 0 Å². The molecule has 0 amide bonds. The van der Waals surface area contributed by atoms with Crippen molar-refractivity contribution >= 4 is 74.1 Å². The summed E-state index contributed by atoms with van der Waals surface area (Å²) >= 11 is 2.31. The molecule has 0 atom stereocenters. The lowest BCUT2D eigenvalue weighted by atomic mass is 29.5. The molecule has 0 saturated carbocycles. The van der Waals surface area contributed by atoms with Gasteiger partial charge in [-0.2, -0.15) is 0 Å². The average Bonchev–Trinajstić information content (AvgIpc) is 2.20. The van der Waals surface area contributed by atoms with E-state index >= 15 is 0 Å². The zero-order chi connectivity index (χ0) is 5.84. The highest BCUT2D eigenvalue weighted by Gasteiger charge is 2.15. The number of rotatable bonds is 0. The van der Waals surface area contributed by atoms with Crippen LogP contribution in [-0.4, -0.2) is 0 Å². The molecule has 0 radical (unpaired) electrons. The summed E-state index contributed by atoms with van der Waals surface area (Å²) in [5.74, 6) is 0. The minimum Gasteiger partial charge on any atom is -0.0651 e. The van der Waals surface area contributed by atoms with Crippen LogP contribution in [0.25, 0.3) is 0 Å². The van der Waals surface area contributed by atoms with Crippen LogP contribution < -0.4 is 0 Å². The molecule has 0 aromatic carbocycles. The van der Waals surface area contributed by atoms with Crippen molar-refractivity contribution in [2.24, 2.45) is 0 Å². The lowest BCUT2D eigenvalue weighted by Gasteiger charge is -1.93. The Morgan fingerprint density at radius 2 is 1.11 bits per heavy atom. The second-order valence-electron chi connectivity index (χ2n) is 1.33. The summed E-state index contributed by atoms with van der Waals surface area (Å²) in [6.07, 6.45) is 0. The number of hydrogen-bond donors (Lipinski definition) is 0. The Morgan fingerprint density at radius 1 is 0.667 bits per heavy atom. The van der Waals surface area contributed by atoms with Gasteiger partial charge in [0.15, 0.2) is 0 Å². The fourth-order valence-corrected chi connectivity index (χ4v) is 127. The maximum absolute atomic E-state index is 2.34. The minimum absolute atomic E-state index is 0.410. The van der Waals surface area contributed by atoms with Gasteiger partial charge in [-0.25, -0.2) is 0 Å². The van der Waals surface area contributed by atoms with Gasteiger partial charge in [0.1, 0.15) is 0 Å². The molecule has 2 aliphatic rings. The largest absolute Gasteiger partial charge is 0.0680 e. The lowest BCUT2D eigenvalue weighted by molar-refractivity contribution is 5.02. The molecule has 0 nitrogen and oxygen atoms in total. The monoisotopic (exact) mass is 284 g/mol. The van der Waals surface area contributed by atoms with Gasteiger partial charge in [-0.1, -0.05) is 42.2 Å². The second-order valence-corrected chi connectivity index (χ2v) is 35.9. The van der Waals surface area contributed by atoms with E-state index in [1.807, 2.05) is 0 Å². The Morgan fingerprint density at radius 3 is 1.44 bits per heavy atom. The van der Waals surface area contributed by atoms with Crippen molar-refractivity contribution in [3.63, 3.8) is 0 Å². The van der Waals surface area contributed by atoms with Crippen molar-refractivity contribution in [2.45, 2.75) is 0 Å². The summed E-state index contributed by atoms with van der Waals surface area (Å²) in [6.45, 7) is 0. The molecular formula is P4S5. The van der Waals surface area contributed by atoms with Gasteiger partial charge in [0, 0.05) is 0 Å². The van der Waals surface area contributed by atoms with Crippen molar-refractivity contribution in [1.29, 1.82) is 0 Å². The van der Waals surface area contributed by atoms with E-state index < -0.39 is 0 Å². The van der Waals surface area contributed by atoms with Crippen LogP contribution in [0.15, 0.2) is 0 Å². The van der Waals surface area contributed by atoms with Gasteiger partial charge < -0.3 is 0 Å². The average molecular weight is 284 g/mol. The van der Waals surface area contributed by atoms with E-state index in [4.69, 9.17) is 0 Å². The molecule has 50 valence electrons. The standard InChI is InChI=1S/P4S5/c5-1-2-7-3(5)9-4(6-1)8-2. The van der Waals surface area contributed by atoms with Gasteiger partial charge in [0.2, 0.25) is 0 Å². The Bertz CT molecular complexity index is 306. The highest BCUT2D eigenvalue weighted by molar-refractivity contribution is 9.13. The molecule has 4 bridgehead atoms. The van der Waals surface area contributed by atoms with E-state index in [-0.39, 0.29) is 0 Å². The molecule has 2 aromatic rings. The van der Waals surface area contributed by atoms with Crippen LogP contribution in [0, 0.1) is 0 Å². The van der Waals surface area contributed by atoms with Crippen molar-refractivity contribution in [3.8, 4) is 0 Å². The third-order valence-electron chi connectivity index (χ3n) is 0.813. The zero-order valence-electron chi connectivity index (χ0n) is 3.83. The third-order valence-corrected chi connectivity index (χ3v) is 65.8. The summed E-state index contributed by atoms with van der Waals surface area (Å²) in [5, 5.41) is 1.78. The van der Waals surface area contributed by atoms with E-state index in [1.165, 1.54) is 0 Å². The van der Waals surface area contributed by atoms with E-state index in [1.54, 1.807) is 0 Å². The molecule has 9 heteroatoms. The maximum Gasteiger partial charge on any atom is 0.0680 e. The molecule has 2 aromatic heterocycles. The Hall–Kier alpha value is 2.43. The number of hydrogen-bond acceptors (Lipinski definition) is 5. The molecule has 0 spiro atoms. The van der Waals surface area contributed by atoms with Crippen LogP contribution in [0.5, 0.6) is 0 Å². The molecule has 9 heavy (non-hydrogen) atoms. The SMILES string of the molecule is S1p2sp3sp1sp3s2. The topological polar surface area (TPSA) is 0 Å².